The van der Waals surface area contributed by atoms with Crippen molar-refractivity contribution in [1.82, 2.24) is 4.90 Å². The van der Waals surface area contributed by atoms with Crippen molar-refractivity contribution in [1.29, 1.82) is 0 Å². The molecular formula is C18H22N2O7. The predicted molar refractivity (Wildman–Crippen MR) is 92.2 cm³/mol. The lowest BCUT2D eigenvalue weighted by molar-refractivity contribution is -0.384. The average molecular weight is 378 g/mol. The Morgan fingerprint density at radius 3 is 2.63 bits per heavy atom. The summed E-state index contributed by atoms with van der Waals surface area (Å²) in [6.45, 7) is 6.01. The number of non-ortho nitro benzene ring substituents is 1. The zero-order valence-electron chi connectivity index (χ0n) is 15.5. The van der Waals surface area contributed by atoms with Crippen LogP contribution in [0, 0.1) is 15.5 Å². The van der Waals surface area contributed by atoms with E-state index in [1.807, 2.05) is 13.8 Å². The van der Waals surface area contributed by atoms with Gasteiger partial charge in [0.1, 0.15) is 12.3 Å². The first-order chi connectivity index (χ1) is 12.6. The van der Waals surface area contributed by atoms with Crippen LogP contribution in [0.1, 0.15) is 32.8 Å². The zero-order chi connectivity index (χ0) is 19.8. The van der Waals surface area contributed by atoms with Crippen molar-refractivity contribution >= 4 is 17.6 Å². The summed E-state index contributed by atoms with van der Waals surface area (Å²) in [5.74, 6) is -0.730. The maximum Gasteiger partial charge on any atom is 0.346 e. The molecule has 1 amide bonds. The van der Waals surface area contributed by atoms with Crippen LogP contribution in [0.25, 0.3) is 0 Å². The van der Waals surface area contributed by atoms with Gasteiger partial charge in [0.25, 0.3) is 5.69 Å². The van der Waals surface area contributed by atoms with Crippen LogP contribution in [0.15, 0.2) is 24.3 Å². The smallest absolute Gasteiger partial charge is 0.346 e. The number of fused-ring (bicyclic) bond motifs is 1. The predicted octanol–water partition coefficient (Wildman–Crippen LogP) is 1.99. The third kappa shape index (κ3) is 3.52. The van der Waals surface area contributed by atoms with E-state index in [2.05, 4.69) is 0 Å². The van der Waals surface area contributed by atoms with Crippen molar-refractivity contribution in [3.05, 3.63) is 39.9 Å². The Morgan fingerprint density at radius 1 is 1.33 bits per heavy atom. The van der Waals surface area contributed by atoms with E-state index in [9.17, 15) is 19.7 Å². The van der Waals surface area contributed by atoms with Crippen LogP contribution in [0.4, 0.5) is 5.69 Å². The Kier molecular flexibility index (Phi) is 4.92. The van der Waals surface area contributed by atoms with E-state index in [4.69, 9.17) is 14.5 Å². The number of nitro benzene ring substituents is 1. The molecule has 1 aromatic carbocycles. The first-order valence-electron chi connectivity index (χ1n) is 8.68. The van der Waals surface area contributed by atoms with E-state index in [1.54, 1.807) is 11.8 Å². The highest BCUT2D eigenvalue weighted by atomic mass is 17.2. The normalized spacial score (nSPS) is 26.1. The third-order valence-electron chi connectivity index (χ3n) is 5.19. The molecule has 0 spiro atoms. The van der Waals surface area contributed by atoms with E-state index >= 15 is 0 Å². The van der Waals surface area contributed by atoms with Crippen LogP contribution in [0.5, 0.6) is 0 Å². The number of ether oxygens (including phenoxy) is 1. The van der Waals surface area contributed by atoms with Crippen LogP contribution >= 0.6 is 0 Å². The molecule has 2 aliphatic rings. The van der Waals surface area contributed by atoms with Crippen LogP contribution < -0.4 is 0 Å². The number of carbonyl (C=O) groups excluding carboxylic acids is 2. The molecule has 2 heterocycles. The molecule has 2 aliphatic heterocycles. The summed E-state index contributed by atoms with van der Waals surface area (Å²) >= 11 is 0. The first kappa shape index (κ1) is 19.2. The molecule has 3 rings (SSSR count). The molecule has 146 valence electrons. The van der Waals surface area contributed by atoms with E-state index in [1.165, 1.54) is 24.3 Å². The fourth-order valence-electron chi connectivity index (χ4n) is 3.64. The van der Waals surface area contributed by atoms with Crippen LogP contribution in [0.2, 0.25) is 0 Å². The number of benzene rings is 1. The summed E-state index contributed by atoms with van der Waals surface area (Å²) in [5, 5.41) is 10.6. The van der Waals surface area contributed by atoms with E-state index in [-0.39, 0.29) is 30.7 Å². The Bertz CT molecular complexity index is 761. The van der Waals surface area contributed by atoms with Gasteiger partial charge in [0.05, 0.1) is 29.4 Å². The lowest BCUT2D eigenvalue weighted by atomic mass is 9.69. The fraction of sp³-hybridized carbons (Fsp3) is 0.556. The second-order valence-corrected chi connectivity index (χ2v) is 7.51. The Morgan fingerprint density at radius 2 is 2.00 bits per heavy atom. The molecule has 9 nitrogen and oxygen atoms in total. The number of rotatable bonds is 6. The largest absolute Gasteiger partial charge is 0.356 e. The highest BCUT2D eigenvalue weighted by Gasteiger charge is 2.63. The van der Waals surface area contributed by atoms with E-state index in [0.29, 0.717) is 18.6 Å². The Labute approximate surface area is 156 Å². The molecule has 0 radical (unpaired) electrons. The lowest BCUT2D eigenvalue weighted by Crippen LogP contribution is -2.77. The van der Waals surface area contributed by atoms with Crippen LogP contribution in [-0.2, 0) is 30.5 Å². The van der Waals surface area contributed by atoms with Gasteiger partial charge >= 0.3 is 5.97 Å². The van der Waals surface area contributed by atoms with Gasteiger partial charge in [-0.1, -0.05) is 12.1 Å². The van der Waals surface area contributed by atoms with Gasteiger partial charge in [0, 0.05) is 12.1 Å². The summed E-state index contributed by atoms with van der Waals surface area (Å²) in [4.78, 5) is 46.2. The Hall–Kier alpha value is -2.52. The second kappa shape index (κ2) is 6.90. The summed E-state index contributed by atoms with van der Waals surface area (Å²) in [6.07, 6.45) is 0.616. The molecular weight excluding hydrogens is 356 g/mol. The van der Waals surface area contributed by atoms with E-state index in [0.717, 1.165) is 0 Å². The molecule has 2 atom stereocenters. The number of nitro groups is 1. The number of carbonyl (C=O) groups is 2. The minimum Gasteiger partial charge on any atom is -0.356 e. The zero-order valence-corrected chi connectivity index (χ0v) is 15.5. The molecule has 9 heteroatoms. The molecule has 0 N–H and O–H groups in total. The first-order valence-corrected chi connectivity index (χ1v) is 8.68. The fourth-order valence-corrected chi connectivity index (χ4v) is 3.64. The quantitative estimate of drug-likeness (QED) is 0.322. The Balaban J connectivity index is 1.50. The molecule has 27 heavy (non-hydrogen) atoms. The highest BCUT2D eigenvalue weighted by molar-refractivity contribution is 5.90. The lowest BCUT2D eigenvalue weighted by Gasteiger charge is -2.62. The number of hydrogen-bond acceptors (Lipinski definition) is 7. The monoisotopic (exact) mass is 378 g/mol. The minimum atomic E-state index is -0.755. The van der Waals surface area contributed by atoms with Gasteiger partial charge in [-0.2, -0.15) is 4.89 Å². The minimum absolute atomic E-state index is 0.0258. The average Bonchev–Trinajstić information content (AvgIpc) is 2.60. The molecule has 0 bridgehead atoms. The molecule has 2 saturated heterocycles. The topological polar surface area (TPSA) is 108 Å². The van der Waals surface area contributed by atoms with Crippen LogP contribution in [-0.4, -0.2) is 46.7 Å². The summed E-state index contributed by atoms with van der Waals surface area (Å²) in [7, 11) is 0. The maximum absolute atomic E-state index is 12.6. The van der Waals surface area contributed by atoms with Gasteiger partial charge < -0.3 is 9.64 Å². The SMILES string of the molecule is CC1(COOC(=O)Cc2ccc([N+](=O)[O-])cc2)C(=O)N2C1CCOC2(C)C. The molecule has 0 saturated carbocycles. The molecule has 2 fully saturated rings. The van der Waals surface area contributed by atoms with Gasteiger partial charge in [0.15, 0.2) is 0 Å². The summed E-state index contributed by atoms with van der Waals surface area (Å²) in [6, 6.07) is 5.58. The number of amides is 1. The van der Waals surface area contributed by atoms with E-state index < -0.39 is 22.0 Å². The van der Waals surface area contributed by atoms with Gasteiger partial charge in [-0.25, -0.2) is 4.79 Å². The van der Waals surface area contributed by atoms with Crippen molar-refractivity contribution in [2.45, 2.75) is 45.4 Å². The molecule has 1 aromatic rings. The number of β-lactam (4-membered cyclic amide) rings is 1. The summed E-state index contributed by atoms with van der Waals surface area (Å²) < 4.78 is 5.63. The highest BCUT2D eigenvalue weighted by Crippen LogP contribution is 2.48. The van der Waals surface area contributed by atoms with Gasteiger partial charge in [0.2, 0.25) is 5.91 Å². The van der Waals surface area contributed by atoms with Crippen molar-refractivity contribution in [2.75, 3.05) is 13.2 Å². The van der Waals surface area contributed by atoms with Gasteiger partial charge in [-0.05, 0) is 32.8 Å². The number of hydrogen-bond donors (Lipinski definition) is 0. The van der Waals surface area contributed by atoms with Gasteiger partial charge in [-0.15, -0.1) is 0 Å². The second-order valence-electron chi connectivity index (χ2n) is 7.51. The van der Waals surface area contributed by atoms with Crippen LogP contribution in [0.3, 0.4) is 0 Å². The van der Waals surface area contributed by atoms with Crippen molar-refractivity contribution < 1.29 is 29.0 Å². The molecule has 0 aromatic heterocycles. The van der Waals surface area contributed by atoms with Crippen molar-refractivity contribution in [2.24, 2.45) is 5.41 Å². The maximum atomic E-state index is 12.6. The summed E-state index contributed by atoms with van der Waals surface area (Å²) in [5.41, 5.74) is -0.887. The third-order valence-corrected chi connectivity index (χ3v) is 5.19. The van der Waals surface area contributed by atoms with Gasteiger partial charge in [-0.3, -0.25) is 19.8 Å². The molecule has 0 aliphatic carbocycles. The van der Waals surface area contributed by atoms with Crippen molar-refractivity contribution in [3.63, 3.8) is 0 Å². The number of nitrogens with zero attached hydrogens (tertiary/aromatic N) is 2. The van der Waals surface area contributed by atoms with Crippen molar-refractivity contribution in [3.8, 4) is 0 Å². The molecule has 2 unspecified atom stereocenters. The standard InChI is InChI=1S/C18H22N2O7/c1-17(2)19-14(8-9-25-17)18(3,16(19)22)11-26-27-15(21)10-12-4-6-13(7-5-12)20(23)24/h4-7,14H,8-11H2,1-3H3.